The molecular formula is C16H21N2S. The van der Waals surface area contributed by atoms with Gasteiger partial charge in [0.15, 0.2) is 0 Å². The minimum absolute atomic E-state index is 0.412. The van der Waals surface area contributed by atoms with E-state index in [0.717, 1.165) is 16.5 Å². The van der Waals surface area contributed by atoms with Crippen molar-refractivity contribution in [1.82, 2.24) is 9.55 Å². The fourth-order valence-electron chi connectivity index (χ4n) is 2.15. The molecule has 1 aromatic heterocycles. The molecule has 0 aliphatic heterocycles. The highest BCUT2D eigenvalue weighted by Crippen LogP contribution is 2.35. The summed E-state index contributed by atoms with van der Waals surface area (Å²) in [5.74, 6) is 1.38. The maximum atomic E-state index is 4.63. The Balaban J connectivity index is 2.42. The van der Waals surface area contributed by atoms with Gasteiger partial charge in [0, 0.05) is 11.9 Å². The average Bonchev–Trinajstić information content (AvgIpc) is 2.56. The molecule has 2 nitrogen and oxygen atoms in total. The van der Waals surface area contributed by atoms with Crippen LogP contribution in [-0.2, 0) is 0 Å². The largest absolute Gasteiger partial charge is 0.321 e. The van der Waals surface area contributed by atoms with Gasteiger partial charge in [0.2, 0.25) is 0 Å². The minimum Gasteiger partial charge on any atom is -0.321 e. The Morgan fingerprint density at radius 1 is 1.11 bits per heavy atom. The summed E-state index contributed by atoms with van der Waals surface area (Å²) >= 11 is 1.76. The predicted octanol–water partition coefficient (Wildman–Crippen LogP) is 4.72. The molecule has 0 aliphatic rings. The highest BCUT2D eigenvalue weighted by atomic mass is 32.2. The van der Waals surface area contributed by atoms with E-state index in [0.29, 0.717) is 5.92 Å². The zero-order valence-electron chi connectivity index (χ0n) is 12.3. The molecule has 0 saturated carbocycles. The van der Waals surface area contributed by atoms with Gasteiger partial charge >= 0.3 is 0 Å². The van der Waals surface area contributed by atoms with E-state index in [1.165, 1.54) is 16.0 Å². The summed E-state index contributed by atoms with van der Waals surface area (Å²) in [6, 6.07) is 6.62. The summed E-state index contributed by atoms with van der Waals surface area (Å²) in [6.07, 6.45) is 0. The Morgan fingerprint density at radius 3 is 2.21 bits per heavy atom. The third-order valence-corrected chi connectivity index (χ3v) is 4.19. The third kappa shape index (κ3) is 3.03. The van der Waals surface area contributed by atoms with Crippen LogP contribution in [0.3, 0.4) is 0 Å². The molecule has 19 heavy (non-hydrogen) atoms. The van der Waals surface area contributed by atoms with E-state index in [4.69, 9.17) is 0 Å². The van der Waals surface area contributed by atoms with E-state index in [1.54, 1.807) is 11.8 Å². The molecule has 0 amide bonds. The van der Waals surface area contributed by atoms with Gasteiger partial charge in [0.25, 0.3) is 0 Å². The molecule has 0 atom stereocenters. The smallest absolute Gasteiger partial charge is 0.106 e. The molecule has 2 aromatic rings. The first-order valence-corrected chi connectivity index (χ1v) is 7.36. The third-order valence-electron chi connectivity index (χ3n) is 3.09. The summed E-state index contributed by atoms with van der Waals surface area (Å²) in [5.41, 5.74) is 3.72. The first-order valence-electron chi connectivity index (χ1n) is 6.54. The van der Waals surface area contributed by atoms with Gasteiger partial charge < -0.3 is 4.57 Å². The van der Waals surface area contributed by atoms with Crippen molar-refractivity contribution in [3.05, 3.63) is 47.9 Å². The van der Waals surface area contributed by atoms with Gasteiger partial charge in [-0.1, -0.05) is 31.7 Å². The van der Waals surface area contributed by atoms with Gasteiger partial charge in [-0.25, -0.2) is 4.98 Å². The number of hydrogen-bond donors (Lipinski definition) is 0. The molecule has 101 valence electrons. The van der Waals surface area contributed by atoms with Crippen molar-refractivity contribution in [2.75, 3.05) is 0 Å². The fraction of sp³-hybridized carbons (Fsp3) is 0.375. The van der Waals surface area contributed by atoms with E-state index >= 15 is 0 Å². The van der Waals surface area contributed by atoms with Crippen LogP contribution in [0.15, 0.2) is 28.1 Å². The Kier molecular flexibility index (Phi) is 4.04. The van der Waals surface area contributed by atoms with Crippen molar-refractivity contribution < 1.29 is 0 Å². The van der Waals surface area contributed by atoms with Crippen LogP contribution < -0.4 is 0 Å². The second kappa shape index (κ2) is 5.41. The van der Waals surface area contributed by atoms with Gasteiger partial charge in [0.05, 0.1) is 5.69 Å². The second-order valence-electron chi connectivity index (χ2n) is 5.36. The van der Waals surface area contributed by atoms with E-state index in [1.807, 2.05) is 11.5 Å². The lowest BCUT2D eigenvalue weighted by Crippen LogP contribution is -1.94. The standard InChI is InChI=1S/C16H21N2S/c1-10(2)15-16(18(6)13(5)17-15)19-14-8-11(3)7-12(4)9-14/h7-10H,6H2,1-5H3. The monoisotopic (exact) mass is 273 g/mol. The second-order valence-corrected chi connectivity index (χ2v) is 6.42. The zero-order chi connectivity index (χ0) is 14.2. The summed E-state index contributed by atoms with van der Waals surface area (Å²) in [6.45, 7) is 10.6. The van der Waals surface area contributed by atoms with Crippen molar-refractivity contribution in [3.8, 4) is 0 Å². The highest BCUT2D eigenvalue weighted by Gasteiger charge is 2.16. The van der Waals surface area contributed by atoms with Gasteiger partial charge in [-0.2, -0.15) is 0 Å². The lowest BCUT2D eigenvalue weighted by atomic mass is 10.1. The van der Waals surface area contributed by atoms with Crippen LogP contribution >= 0.6 is 11.8 Å². The number of aromatic nitrogens is 2. The Bertz CT molecular complexity index is 577. The minimum atomic E-state index is 0.412. The van der Waals surface area contributed by atoms with Crippen LogP contribution in [0.2, 0.25) is 0 Å². The number of rotatable bonds is 3. The van der Waals surface area contributed by atoms with Gasteiger partial charge in [0.1, 0.15) is 10.9 Å². The van der Waals surface area contributed by atoms with E-state index in [9.17, 15) is 0 Å². The van der Waals surface area contributed by atoms with Crippen molar-refractivity contribution in [3.63, 3.8) is 0 Å². The SMILES string of the molecule is [CH2]n1c(C)nc(C(C)C)c1Sc1cc(C)cc(C)c1. The molecular weight excluding hydrogens is 252 g/mol. The maximum Gasteiger partial charge on any atom is 0.106 e. The van der Waals surface area contributed by atoms with E-state index in [-0.39, 0.29) is 0 Å². The fourth-order valence-corrected chi connectivity index (χ4v) is 3.50. The van der Waals surface area contributed by atoms with Crippen LogP contribution in [0.25, 0.3) is 0 Å². The van der Waals surface area contributed by atoms with Crippen molar-refractivity contribution in [1.29, 1.82) is 0 Å². The summed E-state index contributed by atoms with van der Waals surface area (Å²) in [7, 11) is 4.10. The van der Waals surface area contributed by atoms with E-state index in [2.05, 4.69) is 57.9 Å². The predicted molar refractivity (Wildman–Crippen MR) is 81.8 cm³/mol. The molecule has 0 fully saturated rings. The molecule has 1 aromatic carbocycles. The number of nitrogens with zero attached hydrogens (tertiary/aromatic N) is 2. The zero-order valence-corrected chi connectivity index (χ0v) is 13.1. The van der Waals surface area contributed by atoms with Crippen molar-refractivity contribution in [2.24, 2.45) is 0 Å². The molecule has 0 bridgehead atoms. The van der Waals surface area contributed by atoms with Crippen molar-refractivity contribution >= 4 is 11.8 Å². The van der Waals surface area contributed by atoms with Gasteiger partial charge in [-0.15, -0.1) is 0 Å². The molecule has 1 heterocycles. The van der Waals surface area contributed by atoms with E-state index < -0.39 is 0 Å². The molecule has 0 unspecified atom stereocenters. The number of hydrogen-bond acceptors (Lipinski definition) is 2. The average molecular weight is 273 g/mol. The van der Waals surface area contributed by atoms with Gasteiger partial charge in [-0.05, 0) is 49.9 Å². The number of benzene rings is 1. The van der Waals surface area contributed by atoms with Crippen LogP contribution in [-0.4, -0.2) is 9.55 Å². The quantitative estimate of drug-likeness (QED) is 0.805. The molecule has 3 heteroatoms. The summed E-state index contributed by atoms with van der Waals surface area (Å²) in [5, 5.41) is 1.15. The maximum absolute atomic E-state index is 4.63. The Hall–Kier alpha value is -1.22. The first kappa shape index (κ1) is 14.2. The normalized spacial score (nSPS) is 11.3. The number of aryl methyl sites for hydroxylation is 3. The molecule has 2 rings (SSSR count). The number of imidazole rings is 1. The summed E-state index contributed by atoms with van der Waals surface area (Å²) in [4.78, 5) is 5.88. The van der Waals surface area contributed by atoms with Crippen molar-refractivity contribution in [2.45, 2.75) is 50.5 Å². The van der Waals surface area contributed by atoms with Gasteiger partial charge in [-0.3, -0.25) is 0 Å². The molecule has 0 saturated heterocycles. The topological polar surface area (TPSA) is 17.8 Å². The lowest BCUT2D eigenvalue weighted by Gasteiger charge is -2.09. The first-order chi connectivity index (χ1) is 8.88. The molecule has 0 spiro atoms. The molecule has 0 aliphatic carbocycles. The van der Waals surface area contributed by atoms with Crippen LogP contribution in [0, 0.1) is 27.8 Å². The van der Waals surface area contributed by atoms with Crippen LogP contribution in [0.4, 0.5) is 0 Å². The Labute approximate surface area is 120 Å². The Morgan fingerprint density at radius 2 is 1.68 bits per heavy atom. The molecule has 0 N–H and O–H groups in total. The van der Waals surface area contributed by atoms with Crippen LogP contribution in [0.5, 0.6) is 0 Å². The highest BCUT2D eigenvalue weighted by molar-refractivity contribution is 7.99. The summed E-state index contributed by atoms with van der Waals surface area (Å²) < 4.78 is 1.94. The van der Waals surface area contributed by atoms with Crippen LogP contribution in [0.1, 0.15) is 42.4 Å². The lowest BCUT2D eigenvalue weighted by molar-refractivity contribution is 0.792. The molecule has 1 radical (unpaired) electrons.